The molecule has 21 heavy (non-hydrogen) atoms. The molecule has 0 bridgehead atoms. The highest BCUT2D eigenvalue weighted by Crippen LogP contribution is 2.27. The van der Waals surface area contributed by atoms with Crippen molar-refractivity contribution in [3.63, 3.8) is 0 Å². The second kappa shape index (κ2) is 6.07. The van der Waals surface area contributed by atoms with Crippen LogP contribution in [0.5, 0.6) is 0 Å². The van der Waals surface area contributed by atoms with Crippen molar-refractivity contribution in [1.29, 1.82) is 0 Å². The minimum atomic E-state index is 0.209. The first kappa shape index (κ1) is 13.8. The summed E-state index contributed by atoms with van der Waals surface area (Å²) in [5, 5.41) is 7.50. The van der Waals surface area contributed by atoms with Crippen LogP contribution in [-0.2, 0) is 0 Å². The summed E-state index contributed by atoms with van der Waals surface area (Å²) in [6, 6.07) is 2.24. The topological polar surface area (TPSA) is 94.5 Å². The van der Waals surface area contributed by atoms with Gasteiger partial charge < -0.3 is 11.1 Å². The zero-order valence-electron chi connectivity index (χ0n) is 12.2. The normalized spacial score (nSPS) is 22.1. The third-order valence-electron chi connectivity index (χ3n) is 4.11. The minimum Gasteiger partial charge on any atom is -0.368 e. The summed E-state index contributed by atoms with van der Waals surface area (Å²) in [5.74, 6) is 2.05. The molecule has 3 N–H and O–H groups in total. The van der Waals surface area contributed by atoms with Crippen molar-refractivity contribution in [3.05, 3.63) is 18.5 Å². The Labute approximate surface area is 124 Å². The maximum atomic E-state index is 5.77. The fourth-order valence-electron chi connectivity index (χ4n) is 2.83. The van der Waals surface area contributed by atoms with Crippen LogP contribution in [0.15, 0.2) is 18.5 Å². The Kier molecular flexibility index (Phi) is 3.98. The van der Waals surface area contributed by atoms with Crippen LogP contribution in [-0.4, -0.2) is 30.8 Å². The molecule has 0 saturated heterocycles. The number of nitrogens with one attached hydrogen (secondary N) is 1. The number of anilines is 2. The van der Waals surface area contributed by atoms with Crippen molar-refractivity contribution in [2.24, 2.45) is 5.92 Å². The first-order valence-electron chi connectivity index (χ1n) is 7.52. The van der Waals surface area contributed by atoms with E-state index in [1.54, 1.807) is 17.1 Å². The van der Waals surface area contributed by atoms with Gasteiger partial charge in [-0.1, -0.05) is 13.3 Å². The summed E-state index contributed by atoms with van der Waals surface area (Å²) in [6.07, 6.45) is 9.57. The van der Waals surface area contributed by atoms with E-state index in [-0.39, 0.29) is 5.95 Å². The molecule has 112 valence electrons. The Morgan fingerprint density at radius 1 is 1.24 bits per heavy atom. The molecule has 0 unspecified atom stereocenters. The maximum Gasteiger partial charge on any atom is 0.257 e. The van der Waals surface area contributed by atoms with Gasteiger partial charge in [0.2, 0.25) is 11.9 Å². The van der Waals surface area contributed by atoms with E-state index in [0.29, 0.717) is 17.9 Å². The van der Waals surface area contributed by atoms with Crippen molar-refractivity contribution in [3.8, 4) is 5.95 Å². The Morgan fingerprint density at radius 3 is 2.71 bits per heavy atom. The molecule has 2 heterocycles. The highest BCUT2D eigenvalue weighted by atomic mass is 15.4. The lowest BCUT2D eigenvalue weighted by Gasteiger charge is -2.28. The molecule has 1 fully saturated rings. The van der Waals surface area contributed by atoms with Crippen LogP contribution in [0.2, 0.25) is 0 Å². The number of hydrogen-bond acceptors (Lipinski definition) is 6. The Balaban J connectivity index is 1.71. The van der Waals surface area contributed by atoms with Gasteiger partial charge >= 0.3 is 0 Å². The van der Waals surface area contributed by atoms with Gasteiger partial charge in [0.25, 0.3) is 5.95 Å². The lowest BCUT2D eigenvalue weighted by atomic mass is 9.85. The predicted octanol–water partition coefficient (Wildman–Crippen LogP) is 2.02. The molecule has 3 rings (SSSR count). The van der Waals surface area contributed by atoms with Gasteiger partial charge in [0.15, 0.2) is 0 Å². The van der Waals surface area contributed by atoms with E-state index in [2.05, 4.69) is 32.3 Å². The molecule has 2 aromatic heterocycles. The average Bonchev–Trinajstić information content (AvgIpc) is 3.02. The molecule has 0 spiro atoms. The Morgan fingerprint density at radius 2 is 2.05 bits per heavy atom. The van der Waals surface area contributed by atoms with E-state index in [4.69, 9.17) is 5.73 Å². The molecule has 0 atom stereocenters. The van der Waals surface area contributed by atoms with Gasteiger partial charge in [-0.25, -0.2) is 4.68 Å². The number of nitrogens with zero attached hydrogens (tertiary/aromatic N) is 5. The first-order valence-corrected chi connectivity index (χ1v) is 7.52. The fraction of sp³-hybridized carbons (Fsp3) is 0.571. The van der Waals surface area contributed by atoms with Crippen molar-refractivity contribution in [1.82, 2.24) is 24.7 Å². The number of hydrogen-bond donors (Lipinski definition) is 2. The Hall–Kier alpha value is -2.18. The number of aromatic nitrogens is 5. The maximum absolute atomic E-state index is 5.77. The van der Waals surface area contributed by atoms with E-state index in [1.807, 2.05) is 6.07 Å². The predicted molar refractivity (Wildman–Crippen MR) is 81.0 cm³/mol. The molecule has 0 aliphatic heterocycles. The van der Waals surface area contributed by atoms with Gasteiger partial charge in [-0.15, -0.1) is 0 Å². The highest BCUT2D eigenvalue weighted by molar-refractivity contribution is 5.35. The summed E-state index contributed by atoms with van der Waals surface area (Å²) < 4.78 is 1.58. The standard InChI is InChI=1S/C14H21N7/c1-2-10-4-6-11(7-5-10)17-13-18-12(15)19-14(20-13)21-9-3-8-16-21/h3,8-11H,2,4-7H2,1H3,(H3,15,17,18,19,20). The lowest BCUT2D eigenvalue weighted by molar-refractivity contribution is 0.329. The molecule has 1 aliphatic carbocycles. The lowest BCUT2D eigenvalue weighted by Crippen LogP contribution is -2.27. The molecule has 1 saturated carbocycles. The van der Waals surface area contributed by atoms with E-state index in [1.165, 1.54) is 19.3 Å². The molecule has 0 aromatic carbocycles. The summed E-state index contributed by atoms with van der Waals surface area (Å²) in [7, 11) is 0. The van der Waals surface area contributed by atoms with Crippen LogP contribution in [0.1, 0.15) is 39.0 Å². The molecular formula is C14H21N7. The van der Waals surface area contributed by atoms with Crippen molar-refractivity contribution in [2.75, 3.05) is 11.1 Å². The van der Waals surface area contributed by atoms with Crippen molar-refractivity contribution >= 4 is 11.9 Å². The third-order valence-corrected chi connectivity index (χ3v) is 4.11. The molecule has 7 nitrogen and oxygen atoms in total. The highest BCUT2D eigenvalue weighted by Gasteiger charge is 2.20. The second-order valence-electron chi connectivity index (χ2n) is 5.54. The van der Waals surface area contributed by atoms with Crippen LogP contribution in [0.3, 0.4) is 0 Å². The summed E-state index contributed by atoms with van der Waals surface area (Å²) in [4.78, 5) is 12.7. The molecule has 1 aliphatic rings. The van der Waals surface area contributed by atoms with Gasteiger partial charge in [0, 0.05) is 18.4 Å². The largest absolute Gasteiger partial charge is 0.368 e. The molecular weight excluding hydrogens is 266 g/mol. The minimum absolute atomic E-state index is 0.209. The monoisotopic (exact) mass is 287 g/mol. The van der Waals surface area contributed by atoms with E-state index >= 15 is 0 Å². The van der Waals surface area contributed by atoms with Crippen LogP contribution < -0.4 is 11.1 Å². The van der Waals surface area contributed by atoms with E-state index < -0.39 is 0 Å². The van der Waals surface area contributed by atoms with E-state index in [9.17, 15) is 0 Å². The van der Waals surface area contributed by atoms with Crippen LogP contribution in [0, 0.1) is 5.92 Å². The number of nitrogen functional groups attached to an aromatic ring is 1. The van der Waals surface area contributed by atoms with E-state index in [0.717, 1.165) is 18.8 Å². The van der Waals surface area contributed by atoms with Crippen LogP contribution in [0.25, 0.3) is 5.95 Å². The first-order chi connectivity index (χ1) is 10.2. The quantitative estimate of drug-likeness (QED) is 0.893. The number of nitrogens with two attached hydrogens (primary N) is 1. The summed E-state index contributed by atoms with van der Waals surface area (Å²) in [5.41, 5.74) is 5.77. The van der Waals surface area contributed by atoms with Gasteiger partial charge in [-0.3, -0.25) is 0 Å². The zero-order chi connectivity index (χ0) is 14.7. The SMILES string of the molecule is CCC1CCC(Nc2nc(N)nc(-n3cccn3)n2)CC1. The molecule has 0 amide bonds. The molecule has 0 radical (unpaired) electrons. The van der Waals surface area contributed by atoms with Gasteiger partial charge in [-0.05, 0) is 37.7 Å². The Bertz CT molecular complexity index is 573. The van der Waals surface area contributed by atoms with Crippen LogP contribution >= 0.6 is 0 Å². The van der Waals surface area contributed by atoms with Gasteiger partial charge in [-0.2, -0.15) is 20.1 Å². The smallest absolute Gasteiger partial charge is 0.257 e. The number of rotatable bonds is 4. The fourth-order valence-corrected chi connectivity index (χ4v) is 2.83. The second-order valence-corrected chi connectivity index (χ2v) is 5.54. The summed E-state index contributed by atoms with van der Waals surface area (Å²) >= 11 is 0. The van der Waals surface area contributed by atoms with Gasteiger partial charge in [0.05, 0.1) is 0 Å². The molecule has 7 heteroatoms. The zero-order valence-corrected chi connectivity index (χ0v) is 12.2. The molecule has 2 aromatic rings. The van der Waals surface area contributed by atoms with Crippen LogP contribution in [0.4, 0.5) is 11.9 Å². The van der Waals surface area contributed by atoms with Crippen molar-refractivity contribution in [2.45, 2.75) is 45.1 Å². The average molecular weight is 287 g/mol. The summed E-state index contributed by atoms with van der Waals surface area (Å²) in [6.45, 7) is 2.27. The third kappa shape index (κ3) is 3.29. The van der Waals surface area contributed by atoms with Gasteiger partial charge in [0.1, 0.15) is 0 Å². The van der Waals surface area contributed by atoms with Crippen molar-refractivity contribution < 1.29 is 0 Å².